The zero-order valence-corrected chi connectivity index (χ0v) is 15.3. The lowest BCUT2D eigenvalue weighted by molar-refractivity contribution is 0.323. The van der Waals surface area contributed by atoms with Crippen LogP contribution in [0.5, 0.6) is 17.2 Å². The van der Waals surface area contributed by atoms with Gasteiger partial charge in [-0.1, -0.05) is 0 Å². The number of ether oxygens (including phenoxy) is 3. The van der Waals surface area contributed by atoms with Crippen LogP contribution in [0.15, 0.2) is 28.4 Å². The maximum atomic E-state index is 10.0. The molecule has 2 aliphatic rings. The molecule has 0 aromatic heterocycles. The van der Waals surface area contributed by atoms with Crippen molar-refractivity contribution in [2.45, 2.75) is 5.92 Å². The van der Waals surface area contributed by atoms with Crippen molar-refractivity contribution in [2.24, 2.45) is 21.6 Å². The van der Waals surface area contributed by atoms with Gasteiger partial charge in [-0.05, 0) is 17.7 Å². The third kappa shape index (κ3) is 1.88. The van der Waals surface area contributed by atoms with E-state index in [1.165, 1.54) is 21.3 Å². The Bertz CT molecular complexity index is 1070. The van der Waals surface area contributed by atoms with Gasteiger partial charge in [0.1, 0.15) is 28.8 Å². The van der Waals surface area contributed by atoms with Crippen molar-refractivity contribution in [1.29, 1.82) is 21.0 Å². The monoisotopic (exact) mass is 374 g/mol. The number of benzene rings is 1. The summed E-state index contributed by atoms with van der Waals surface area (Å²) in [4.78, 5) is 4.04. The summed E-state index contributed by atoms with van der Waals surface area (Å²) in [6.45, 7) is 0. The van der Waals surface area contributed by atoms with Gasteiger partial charge in [0, 0.05) is 5.92 Å². The van der Waals surface area contributed by atoms with E-state index in [2.05, 4.69) is 17.1 Å². The Kier molecular flexibility index (Phi) is 4.11. The molecule has 3 rings (SSSR count). The van der Waals surface area contributed by atoms with Crippen LogP contribution in [-0.2, 0) is 0 Å². The number of nitriles is 4. The molecular formula is C19H14N6O3. The van der Waals surface area contributed by atoms with E-state index in [-0.39, 0.29) is 17.1 Å². The molecule has 0 amide bonds. The van der Waals surface area contributed by atoms with Gasteiger partial charge in [-0.25, -0.2) is 4.99 Å². The predicted molar refractivity (Wildman–Crippen MR) is 94.8 cm³/mol. The largest absolute Gasteiger partial charge is 0.493 e. The third-order valence-corrected chi connectivity index (χ3v) is 5.25. The molecule has 1 aromatic rings. The molecule has 1 aliphatic carbocycles. The molecular weight excluding hydrogens is 360 g/mol. The summed E-state index contributed by atoms with van der Waals surface area (Å²) < 4.78 is 16.0. The number of aliphatic imine (C=N–C) groups is 1. The van der Waals surface area contributed by atoms with E-state index in [4.69, 9.17) is 19.9 Å². The molecule has 9 heteroatoms. The maximum Gasteiger partial charge on any atom is 0.203 e. The first-order valence-electron chi connectivity index (χ1n) is 7.99. The van der Waals surface area contributed by atoms with Crippen molar-refractivity contribution in [3.05, 3.63) is 29.0 Å². The fraction of sp³-hybridized carbons (Fsp3) is 0.316. The fourth-order valence-electron chi connectivity index (χ4n) is 4.01. The average Bonchev–Trinajstić information content (AvgIpc) is 3.28. The Balaban J connectivity index is 2.32. The van der Waals surface area contributed by atoms with E-state index in [9.17, 15) is 21.0 Å². The van der Waals surface area contributed by atoms with Crippen molar-refractivity contribution in [1.82, 2.24) is 0 Å². The first-order chi connectivity index (χ1) is 13.5. The van der Waals surface area contributed by atoms with E-state index in [1.807, 2.05) is 0 Å². The Labute approximate surface area is 161 Å². The molecule has 9 nitrogen and oxygen atoms in total. The number of hydrogen-bond acceptors (Lipinski definition) is 9. The molecule has 1 aliphatic heterocycles. The normalized spacial score (nSPS) is 26.5. The number of rotatable bonds is 4. The maximum absolute atomic E-state index is 10.0. The summed E-state index contributed by atoms with van der Waals surface area (Å²) in [6.07, 6.45) is 0. The van der Waals surface area contributed by atoms with Crippen LogP contribution in [-0.4, -0.2) is 27.2 Å². The van der Waals surface area contributed by atoms with Crippen LogP contribution in [0.3, 0.4) is 0 Å². The van der Waals surface area contributed by atoms with Gasteiger partial charge < -0.3 is 19.9 Å². The van der Waals surface area contributed by atoms with Gasteiger partial charge >= 0.3 is 0 Å². The third-order valence-electron chi connectivity index (χ3n) is 5.25. The standard InChI is InChI=1S/C19H14N6O3/c1-26-12-4-10(5-13(27-2)14(12)28-3)15-18(8-22)16(11(6-20)7-21)25-17(24)19(15,18)9-23/h4-5,15H,1-3H3,(H2,24,25)/t15-,18+,19+/m0/s1. The van der Waals surface area contributed by atoms with Crippen molar-refractivity contribution in [3.63, 3.8) is 0 Å². The molecule has 2 N–H and O–H groups in total. The Morgan fingerprint density at radius 3 is 1.89 bits per heavy atom. The van der Waals surface area contributed by atoms with Crippen molar-refractivity contribution < 1.29 is 14.2 Å². The second kappa shape index (κ2) is 6.20. The van der Waals surface area contributed by atoms with Crippen LogP contribution in [0.1, 0.15) is 11.5 Å². The van der Waals surface area contributed by atoms with Crippen molar-refractivity contribution in [2.75, 3.05) is 21.3 Å². The molecule has 0 radical (unpaired) electrons. The van der Waals surface area contributed by atoms with E-state index in [0.29, 0.717) is 22.8 Å². The number of amidine groups is 1. The smallest absolute Gasteiger partial charge is 0.203 e. The molecule has 0 spiro atoms. The van der Waals surface area contributed by atoms with Gasteiger partial charge in [-0.2, -0.15) is 21.0 Å². The molecule has 28 heavy (non-hydrogen) atoms. The molecule has 0 unspecified atom stereocenters. The van der Waals surface area contributed by atoms with Gasteiger partial charge in [0.2, 0.25) is 5.75 Å². The topological polar surface area (TPSA) is 161 Å². The number of methoxy groups -OCH3 is 3. The SMILES string of the molecule is COc1cc([C@@H]2[C@]3(C#N)C(N)=NC(=C(C#N)C#N)[C@@]23C#N)cc(OC)c1OC. The molecule has 1 heterocycles. The number of fused-ring (bicyclic) bond motifs is 1. The fourth-order valence-corrected chi connectivity index (χ4v) is 4.01. The van der Waals surface area contributed by atoms with Crippen LogP contribution in [0.25, 0.3) is 0 Å². The number of hydrogen-bond donors (Lipinski definition) is 1. The van der Waals surface area contributed by atoms with Crippen LogP contribution in [0.2, 0.25) is 0 Å². The minimum absolute atomic E-state index is 0.0854. The summed E-state index contributed by atoms with van der Waals surface area (Å²) in [7, 11) is 4.34. The first-order valence-corrected chi connectivity index (χ1v) is 7.99. The summed E-state index contributed by atoms with van der Waals surface area (Å²) in [5.41, 5.74) is 3.08. The highest BCUT2D eigenvalue weighted by molar-refractivity contribution is 6.03. The Morgan fingerprint density at radius 1 is 0.964 bits per heavy atom. The number of nitrogens with zero attached hydrogens (tertiary/aromatic N) is 5. The molecule has 0 saturated heterocycles. The summed E-state index contributed by atoms with van der Waals surface area (Å²) in [5, 5.41) is 38.5. The second-order valence-electron chi connectivity index (χ2n) is 6.18. The van der Waals surface area contributed by atoms with Gasteiger partial charge in [0.15, 0.2) is 17.1 Å². The highest BCUT2D eigenvalue weighted by Crippen LogP contribution is 2.80. The molecule has 1 aromatic carbocycles. The van der Waals surface area contributed by atoms with Crippen LogP contribution in [0.4, 0.5) is 0 Å². The zero-order chi connectivity index (χ0) is 20.7. The van der Waals surface area contributed by atoms with Crippen LogP contribution >= 0.6 is 0 Å². The lowest BCUT2D eigenvalue weighted by Gasteiger charge is -2.15. The van der Waals surface area contributed by atoms with Crippen molar-refractivity contribution >= 4 is 5.84 Å². The van der Waals surface area contributed by atoms with Crippen LogP contribution in [0, 0.1) is 56.2 Å². The minimum Gasteiger partial charge on any atom is -0.493 e. The Morgan fingerprint density at radius 2 is 1.50 bits per heavy atom. The molecule has 1 saturated carbocycles. The molecule has 138 valence electrons. The predicted octanol–water partition coefficient (Wildman–Crippen LogP) is 1.50. The lowest BCUT2D eigenvalue weighted by Crippen LogP contribution is -2.25. The summed E-state index contributed by atoms with van der Waals surface area (Å²) in [6, 6.07) is 10.9. The minimum atomic E-state index is -1.54. The molecule has 0 bridgehead atoms. The zero-order valence-electron chi connectivity index (χ0n) is 15.3. The summed E-state index contributed by atoms with van der Waals surface area (Å²) in [5.74, 6) is 0.166. The quantitative estimate of drug-likeness (QED) is 0.775. The van der Waals surface area contributed by atoms with Crippen LogP contribution < -0.4 is 19.9 Å². The average molecular weight is 374 g/mol. The second-order valence-corrected chi connectivity index (χ2v) is 6.18. The highest BCUT2D eigenvalue weighted by Gasteiger charge is 2.86. The van der Waals surface area contributed by atoms with E-state index < -0.39 is 16.7 Å². The lowest BCUT2D eigenvalue weighted by atomic mass is 9.92. The molecule has 1 fully saturated rings. The van der Waals surface area contributed by atoms with Crippen molar-refractivity contribution in [3.8, 4) is 41.5 Å². The Hall–Kier alpha value is -4.21. The van der Waals surface area contributed by atoms with E-state index >= 15 is 0 Å². The number of allylic oxidation sites excluding steroid dienone is 2. The van der Waals surface area contributed by atoms with Gasteiger partial charge in [-0.3, -0.25) is 0 Å². The number of nitrogens with two attached hydrogens (primary N) is 1. The summed E-state index contributed by atoms with van der Waals surface area (Å²) >= 11 is 0. The van der Waals surface area contributed by atoms with E-state index in [0.717, 1.165) is 0 Å². The highest BCUT2D eigenvalue weighted by atomic mass is 16.5. The van der Waals surface area contributed by atoms with E-state index in [1.54, 1.807) is 24.3 Å². The van der Waals surface area contributed by atoms with Gasteiger partial charge in [-0.15, -0.1) is 0 Å². The van der Waals surface area contributed by atoms with Gasteiger partial charge in [0.05, 0.1) is 39.2 Å². The first kappa shape index (κ1) is 18.6. The molecule has 3 atom stereocenters. The van der Waals surface area contributed by atoms with Gasteiger partial charge in [0.25, 0.3) is 0 Å².